The molecule has 0 saturated heterocycles. The first-order valence-electron chi connectivity index (χ1n) is 6.37. The molecule has 2 N–H and O–H groups in total. The summed E-state index contributed by atoms with van der Waals surface area (Å²) in [6.45, 7) is 0.504. The Kier molecular flexibility index (Phi) is 5.08. The van der Waals surface area contributed by atoms with Crippen LogP contribution in [0.5, 0.6) is 11.6 Å². The Morgan fingerprint density at radius 1 is 1.25 bits per heavy atom. The molecule has 0 aliphatic heterocycles. The number of hydrogen-bond donors (Lipinski definition) is 2. The zero-order valence-electron chi connectivity index (χ0n) is 11.0. The van der Waals surface area contributed by atoms with Crippen molar-refractivity contribution in [3.63, 3.8) is 0 Å². The van der Waals surface area contributed by atoms with E-state index in [2.05, 4.69) is 10.3 Å². The molecule has 1 aromatic heterocycles. The van der Waals surface area contributed by atoms with Gasteiger partial charge in [0.25, 0.3) is 5.91 Å². The average Bonchev–Trinajstić information content (AvgIpc) is 2.49. The van der Waals surface area contributed by atoms with Gasteiger partial charge in [-0.3, -0.25) is 4.79 Å². The van der Waals surface area contributed by atoms with Gasteiger partial charge in [0.05, 0.1) is 0 Å². The van der Waals surface area contributed by atoms with E-state index in [0.717, 1.165) is 0 Å². The van der Waals surface area contributed by atoms with E-state index in [1.807, 2.05) is 6.07 Å². The van der Waals surface area contributed by atoms with Crippen molar-refractivity contribution in [3.05, 3.63) is 54.2 Å². The number of hydrogen-bond acceptors (Lipinski definition) is 4. The van der Waals surface area contributed by atoms with Crippen molar-refractivity contribution in [1.82, 2.24) is 10.3 Å². The molecule has 104 valence electrons. The standard InChI is InChI=1S/C15H16N2O3/c18-10-4-9-17-15(19)12-5-3-6-13(11-12)20-14-7-1-2-8-16-14/h1-3,5-8,11,18H,4,9-10H2,(H,17,19). The Hall–Kier alpha value is -2.40. The Bertz CT molecular complexity index is 558. The van der Waals surface area contributed by atoms with Gasteiger partial charge < -0.3 is 15.2 Å². The van der Waals surface area contributed by atoms with Crippen molar-refractivity contribution in [2.24, 2.45) is 0 Å². The van der Waals surface area contributed by atoms with E-state index in [1.54, 1.807) is 42.6 Å². The molecule has 0 unspecified atom stereocenters. The van der Waals surface area contributed by atoms with Gasteiger partial charge in [-0.2, -0.15) is 0 Å². The predicted molar refractivity (Wildman–Crippen MR) is 74.8 cm³/mol. The number of benzene rings is 1. The van der Waals surface area contributed by atoms with E-state index >= 15 is 0 Å². The van der Waals surface area contributed by atoms with Gasteiger partial charge >= 0.3 is 0 Å². The molecule has 2 rings (SSSR count). The van der Waals surface area contributed by atoms with Gasteiger partial charge in [0.1, 0.15) is 5.75 Å². The summed E-state index contributed by atoms with van der Waals surface area (Å²) >= 11 is 0. The molecule has 1 amide bonds. The number of aliphatic hydroxyl groups is 1. The van der Waals surface area contributed by atoms with Gasteiger partial charge in [0, 0.05) is 31.0 Å². The summed E-state index contributed by atoms with van der Waals surface area (Å²) in [5, 5.41) is 11.4. The maximum atomic E-state index is 11.9. The van der Waals surface area contributed by atoms with E-state index in [-0.39, 0.29) is 12.5 Å². The molecule has 0 aliphatic carbocycles. The van der Waals surface area contributed by atoms with Gasteiger partial charge in [0.15, 0.2) is 0 Å². The molecule has 5 heteroatoms. The Labute approximate surface area is 117 Å². The molecule has 0 atom stereocenters. The van der Waals surface area contributed by atoms with Crippen molar-refractivity contribution in [2.75, 3.05) is 13.2 Å². The highest BCUT2D eigenvalue weighted by Gasteiger charge is 2.06. The quantitative estimate of drug-likeness (QED) is 0.789. The van der Waals surface area contributed by atoms with Crippen LogP contribution < -0.4 is 10.1 Å². The van der Waals surface area contributed by atoms with Crippen molar-refractivity contribution in [1.29, 1.82) is 0 Å². The highest BCUT2D eigenvalue weighted by Crippen LogP contribution is 2.19. The molecule has 0 saturated carbocycles. The third kappa shape index (κ3) is 4.07. The molecule has 0 radical (unpaired) electrons. The fraction of sp³-hybridized carbons (Fsp3) is 0.200. The number of aliphatic hydroxyl groups excluding tert-OH is 1. The van der Waals surface area contributed by atoms with Gasteiger partial charge in [0.2, 0.25) is 5.88 Å². The first-order valence-corrected chi connectivity index (χ1v) is 6.37. The second-order valence-electron chi connectivity index (χ2n) is 4.13. The normalized spacial score (nSPS) is 10.1. The minimum atomic E-state index is -0.190. The monoisotopic (exact) mass is 272 g/mol. The van der Waals surface area contributed by atoms with Crippen LogP contribution in [0.1, 0.15) is 16.8 Å². The highest BCUT2D eigenvalue weighted by molar-refractivity contribution is 5.94. The summed E-state index contributed by atoms with van der Waals surface area (Å²) in [4.78, 5) is 15.9. The summed E-state index contributed by atoms with van der Waals surface area (Å²) in [6, 6.07) is 12.3. The lowest BCUT2D eigenvalue weighted by molar-refractivity contribution is 0.0951. The highest BCUT2D eigenvalue weighted by atomic mass is 16.5. The first kappa shape index (κ1) is 14.0. The van der Waals surface area contributed by atoms with Crippen LogP contribution in [0.2, 0.25) is 0 Å². The number of aromatic nitrogens is 1. The third-order valence-electron chi connectivity index (χ3n) is 2.58. The molecule has 5 nitrogen and oxygen atoms in total. The van der Waals surface area contributed by atoms with Crippen LogP contribution in [0.4, 0.5) is 0 Å². The molecule has 1 aromatic carbocycles. The molecule has 0 fully saturated rings. The molecular formula is C15H16N2O3. The SMILES string of the molecule is O=C(NCCCO)c1cccc(Oc2ccccn2)c1. The lowest BCUT2D eigenvalue weighted by atomic mass is 10.2. The van der Waals surface area contributed by atoms with Gasteiger partial charge in [-0.25, -0.2) is 4.98 Å². The molecule has 20 heavy (non-hydrogen) atoms. The predicted octanol–water partition coefficient (Wildman–Crippen LogP) is 1.99. The van der Waals surface area contributed by atoms with E-state index in [9.17, 15) is 4.79 Å². The number of carbonyl (C=O) groups is 1. The van der Waals surface area contributed by atoms with Crippen molar-refractivity contribution >= 4 is 5.91 Å². The summed E-state index contributed by atoms with van der Waals surface area (Å²) in [5.41, 5.74) is 0.511. The summed E-state index contributed by atoms with van der Waals surface area (Å²) in [5.74, 6) is 0.841. The fourth-order valence-corrected chi connectivity index (χ4v) is 1.61. The summed E-state index contributed by atoms with van der Waals surface area (Å²) in [7, 11) is 0. The third-order valence-corrected chi connectivity index (χ3v) is 2.58. The van der Waals surface area contributed by atoms with Crippen molar-refractivity contribution in [3.8, 4) is 11.6 Å². The summed E-state index contributed by atoms with van der Waals surface area (Å²) < 4.78 is 5.56. The Morgan fingerprint density at radius 2 is 2.15 bits per heavy atom. The number of pyridine rings is 1. The van der Waals surface area contributed by atoms with Crippen LogP contribution >= 0.6 is 0 Å². The molecule has 0 bridgehead atoms. The van der Waals surface area contributed by atoms with Crippen LogP contribution in [0.15, 0.2) is 48.7 Å². The minimum Gasteiger partial charge on any atom is -0.439 e. The Morgan fingerprint density at radius 3 is 2.90 bits per heavy atom. The van der Waals surface area contributed by atoms with E-state index < -0.39 is 0 Å². The topological polar surface area (TPSA) is 71.5 Å². The minimum absolute atomic E-state index is 0.0586. The van der Waals surface area contributed by atoms with E-state index in [1.165, 1.54) is 0 Å². The van der Waals surface area contributed by atoms with E-state index in [0.29, 0.717) is 30.2 Å². The van der Waals surface area contributed by atoms with Crippen LogP contribution in [-0.2, 0) is 0 Å². The zero-order valence-corrected chi connectivity index (χ0v) is 11.0. The summed E-state index contributed by atoms with van der Waals surface area (Å²) in [6.07, 6.45) is 2.18. The van der Waals surface area contributed by atoms with Crippen molar-refractivity contribution in [2.45, 2.75) is 6.42 Å². The van der Waals surface area contributed by atoms with Crippen LogP contribution in [0, 0.1) is 0 Å². The molecule has 0 spiro atoms. The van der Waals surface area contributed by atoms with Gasteiger partial charge in [-0.15, -0.1) is 0 Å². The van der Waals surface area contributed by atoms with Gasteiger partial charge in [-0.1, -0.05) is 12.1 Å². The van der Waals surface area contributed by atoms with Crippen molar-refractivity contribution < 1.29 is 14.6 Å². The van der Waals surface area contributed by atoms with E-state index in [4.69, 9.17) is 9.84 Å². The smallest absolute Gasteiger partial charge is 0.251 e. The fourth-order valence-electron chi connectivity index (χ4n) is 1.61. The number of nitrogens with one attached hydrogen (secondary N) is 1. The lowest BCUT2D eigenvalue weighted by Crippen LogP contribution is -2.24. The average molecular weight is 272 g/mol. The maximum absolute atomic E-state index is 11.9. The molecule has 1 heterocycles. The number of amides is 1. The molecule has 2 aromatic rings. The zero-order chi connectivity index (χ0) is 14.2. The maximum Gasteiger partial charge on any atom is 0.251 e. The first-order chi connectivity index (χ1) is 9.79. The van der Waals surface area contributed by atoms with Crippen LogP contribution in [0.3, 0.4) is 0 Å². The number of nitrogens with zero attached hydrogens (tertiary/aromatic N) is 1. The van der Waals surface area contributed by atoms with Crippen LogP contribution in [-0.4, -0.2) is 29.1 Å². The van der Waals surface area contributed by atoms with Gasteiger partial charge in [-0.05, 0) is 30.7 Å². The number of rotatable bonds is 6. The number of ether oxygens (including phenoxy) is 1. The van der Waals surface area contributed by atoms with Crippen LogP contribution in [0.25, 0.3) is 0 Å². The largest absolute Gasteiger partial charge is 0.439 e. The lowest BCUT2D eigenvalue weighted by Gasteiger charge is -2.07. The molecular weight excluding hydrogens is 256 g/mol. The number of carbonyl (C=O) groups excluding carboxylic acids is 1. The Balaban J connectivity index is 2.02. The second kappa shape index (κ2) is 7.25. The second-order valence-corrected chi connectivity index (χ2v) is 4.13. The molecule has 0 aliphatic rings.